The van der Waals surface area contributed by atoms with Gasteiger partial charge in [-0.05, 0) is 47.0 Å². The van der Waals surface area contributed by atoms with E-state index in [0.29, 0.717) is 17.6 Å². The molecule has 0 N–H and O–H groups in total. The van der Waals surface area contributed by atoms with Crippen molar-refractivity contribution in [3.8, 4) is 56.7 Å². The average Bonchev–Trinajstić information content (AvgIpc) is 3.80. The molecular formula is C51H33N5. The van der Waals surface area contributed by atoms with Crippen LogP contribution in [0, 0.1) is 0 Å². The Hall–Kier alpha value is -7.63. The Morgan fingerprint density at radius 1 is 0.304 bits per heavy atom. The first-order valence-corrected chi connectivity index (χ1v) is 18.9. The van der Waals surface area contributed by atoms with Gasteiger partial charge in [0.1, 0.15) is 0 Å². The van der Waals surface area contributed by atoms with Crippen LogP contribution in [0.15, 0.2) is 200 Å². The fraction of sp³-hybridized carbons (Fsp3) is 0. The lowest BCUT2D eigenvalue weighted by atomic mass is 10.0. The fourth-order valence-corrected chi connectivity index (χ4v) is 8.21. The monoisotopic (exact) mass is 715 g/mol. The molecule has 0 saturated carbocycles. The summed E-state index contributed by atoms with van der Waals surface area (Å²) in [4.78, 5) is 15.5. The van der Waals surface area contributed by atoms with Gasteiger partial charge in [0.2, 0.25) is 5.95 Å². The van der Waals surface area contributed by atoms with Gasteiger partial charge in [0, 0.05) is 43.9 Å². The number of nitrogens with zero attached hydrogens (tertiary/aromatic N) is 5. The minimum Gasteiger partial charge on any atom is -0.309 e. The smallest absolute Gasteiger partial charge is 0.238 e. The minimum absolute atomic E-state index is 0.568. The van der Waals surface area contributed by atoms with Gasteiger partial charge in [-0.1, -0.05) is 170 Å². The van der Waals surface area contributed by atoms with Crippen LogP contribution in [-0.4, -0.2) is 24.1 Å². The second-order valence-electron chi connectivity index (χ2n) is 14.1. The zero-order valence-electron chi connectivity index (χ0n) is 30.3. The molecule has 0 saturated heterocycles. The fourth-order valence-electron chi connectivity index (χ4n) is 8.21. The summed E-state index contributed by atoms with van der Waals surface area (Å²) < 4.78 is 4.66. The van der Waals surface area contributed by atoms with Gasteiger partial charge in [-0.2, -0.15) is 9.97 Å². The molecule has 262 valence electrons. The number of aromatic nitrogens is 5. The van der Waals surface area contributed by atoms with Crippen LogP contribution in [0.3, 0.4) is 0 Å². The number of para-hydroxylation sites is 2. The second-order valence-corrected chi connectivity index (χ2v) is 14.1. The molecule has 8 aromatic carbocycles. The van der Waals surface area contributed by atoms with Crippen LogP contribution in [0.5, 0.6) is 0 Å². The lowest BCUT2D eigenvalue weighted by molar-refractivity contribution is 0.953. The van der Waals surface area contributed by atoms with Gasteiger partial charge in [-0.15, -0.1) is 0 Å². The number of fused-ring (bicyclic) bond motifs is 6. The molecule has 0 fully saturated rings. The molecule has 3 aromatic heterocycles. The molecule has 0 amide bonds. The largest absolute Gasteiger partial charge is 0.309 e. The van der Waals surface area contributed by atoms with Crippen molar-refractivity contribution in [3.63, 3.8) is 0 Å². The molecule has 11 aromatic rings. The standard InChI is InChI=1S/C51H33N5/c1-5-17-34(18-6-1)38-29-30-42-40-25-13-15-27-45(40)55(47(42)31-38)39-32-43(35-19-7-2-8-20-35)48-44(33-39)41-26-14-16-28-46(41)56(48)51-53-49(36-21-9-3-10-22-36)52-50(54-51)37-23-11-4-12-24-37/h1-33H. The molecular weight excluding hydrogens is 683 g/mol. The molecule has 0 spiro atoms. The number of hydrogen-bond acceptors (Lipinski definition) is 3. The number of hydrogen-bond donors (Lipinski definition) is 0. The maximum atomic E-state index is 5.23. The molecule has 0 unspecified atom stereocenters. The molecule has 5 nitrogen and oxygen atoms in total. The molecule has 5 heteroatoms. The Kier molecular flexibility index (Phi) is 7.42. The van der Waals surface area contributed by atoms with Gasteiger partial charge in [0.05, 0.1) is 22.1 Å². The van der Waals surface area contributed by atoms with Gasteiger partial charge in [-0.3, -0.25) is 4.57 Å². The highest BCUT2D eigenvalue weighted by Gasteiger charge is 2.23. The summed E-state index contributed by atoms with van der Waals surface area (Å²) in [7, 11) is 0. The Bertz CT molecular complexity index is 3160. The Morgan fingerprint density at radius 3 is 1.39 bits per heavy atom. The van der Waals surface area contributed by atoms with Gasteiger partial charge >= 0.3 is 0 Å². The average molecular weight is 716 g/mol. The minimum atomic E-state index is 0.568. The van der Waals surface area contributed by atoms with Crippen molar-refractivity contribution < 1.29 is 0 Å². The van der Waals surface area contributed by atoms with Crippen molar-refractivity contribution in [1.29, 1.82) is 0 Å². The predicted octanol–water partition coefficient (Wildman–Crippen LogP) is 12.7. The predicted molar refractivity (Wildman–Crippen MR) is 230 cm³/mol. The van der Waals surface area contributed by atoms with Crippen LogP contribution in [0.4, 0.5) is 0 Å². The highest BCUT2D eigenvalue weighted by molar-refractivity contribution is 6.16. The van der Waals surface area contributed by atoms with E-state index in [9.17, 15) is 0 Å². The first-order chi connectivity index (χ1) is 27.8. The molecule has 3 heterocycles. The molecule has 56 heavy (non-hydrogen) atoms. The van der Waals surface area contributed by atoms with Crippen molar-refractivity contribution in [2.24, 2.45) is 0 Å². The van der Waals surface area contributed by atoms with E-state index < -0.39 is 0 Å². The lowest BCUT2D eigenvalue weighted by Crippen LogP contribution is -2.07. The van der Waals surface area contributed by atoms with E-state index in [2.05, 4.69) is 173 Å². The molecule has 0 radical (unpaired) electrons. The number of rotatable bonds is 6. The van der Waals surface area contributed by atoms with E-state index in [1.807, 2.05) is 36.4 Å². The third kappa shape index (κ3) is 5.21. The Morgan fingerprint density at radius 2 is 0.786 bits per heavy atom. The van der Waals surface area contributed by atoms with Crippen molar-refractivity contribution in [2.75, 3.05) is 0 Å². The summed E-state index contributed by atoms with van der Waals surface area (Å²) in [5.74, 6) is 1.81. The van der Waals surface area contributed by atoms with Crippen LogP contribution in [0.2, 0.25) is 0 Å². The van der Waals surface area contributed by atoms with Crippen molar-refractivity contribution in [3.05, 3.63) is 200 Å². The summed E-state index contributed by atoms with van der Waals surface area (Å²) in [6, 6.07) is 70.5. The van der Waals surface area contributed by atoms with Crippen LogP contribution >= 0.6 is 0 Å². The molecule has 11 rings (SSSR count). The quantitative estimate of drug-likeness (QED) is 0.172. The third-order valence-corrected chi connectivity index (χ3v) is 10.8. The topological polar surface area (TPSA) is 48.5 Å². The summed E-state index contributed by atoms with van der Waals surface area (Å²) in [6.45, 7) is 0. The Balaban J connectivity index is 1.25. The van der Waals surface area contributed by atoms with Crippen LogP contribution < -0.4 is 0 Å². The van der Waals surface area contributed by atoms with Gasteiger partial charge < -0.3 is 4.57 Å². The number of benzene rings is 8. The van der Waals surface area contributed by atoms with E-state index in [4.69, 9.17) is 15.0 Å². The van der Waals surface area contributed by atoms with Crippen molar-refractivity contribution >= 4 is 43.6 Å². The zero-order valence-corrected chi connectivity index (χ0v) is 30.3. The molecule has 0 aliphatic rings. The van der Waals surface area contributed by atoms with Crippen LogP contribution in [0.25, 0.3) is 100 Å². The maximum Gasteiger partial charge on any atom is 0.238 e. The maximum absolute atomic E-state index is 5.23. The van der Waals surface area contributed by atoms with Gasteiger partial charge in [0.15, 0.2) is 11.6 Å². The summed E-state index contributed by atoms with van der Waals surface area (Å²) in [5, 5.41) is 4.68. The highest BCUT2D eigenvalue weighted by Crippen LogP contribution is 2.42. The van der Waals surface area contributed by atoms with Crippen LogP contribution in [-0.2, 0) is 0 Å². The normalized spacial score (nSPS) is 11.6. The highest BCUT2D eigenvalue weighted by atomic mass is 15.2. The first kappa shape index (κ1) is 31.9. The van der Waals surface area contributed by atoms with E-state index in [-0.39, 0.29) is 0 Å². The molecule has 0 aliphatic heterocycles. The SMILES string of the molecule is c1ccc(-c2ccc3c4ccccc4n(-c4cc(-c5ccccc5)c5c(c4)c4ccccc4n5-c4nc(-c5ccccc5)nc(-c5ccccc5)n4)c3c2)cc1. The molecule has 0 bridgehead atoms. The van der Waals surface area contributed by atoms with E-state index in [1.54, 1.807) is 0 Å². The zero-order chi connectivity index (χ0) is 37.0. The van der Waals surface area contributed by atoms with E-state index >= 15 is 0 Å². The van der Waals surface area contributed by atoms with Gasteiger partial charge in [-0.25, -0.2) is 4.98 Å². The second kappa shape index (κ2) is 13.0. The Labute approximate surface area is 323 Å². The van der Waals surface area contributed by atoms with Crippen molar-refractivity contribution in [2.45, 2.75) is 0 Å². The van der Waals surface area contributed by atoms with E-state index in [0.717, 1.165) is 60.8 Å². The van der Waals surface area contributed by atoms with Gasteiger partial charge in [0.25, 0.3) is 0 Å². The molecule has 0 aliphatic carbocycles. The molecule has 0 atom stereocenters. The third-order valence-electron chi connectivity index (χ3n) is 10.8. The van der Waals surface area contributed by atoms with Crippen LogP contribution in [0.1, 0.15) is 0 Å². The first-order valence-electron chi connectivity index (χ1n) is 18.9. The summed E-state index contributed by atoms with van der Waals surface area (Å²) in [5.41, 5.74) is 11.9. The van der Waals surface area contributed by atoms with E-state index in [1.165, 1.54) is 21.9 Å². The summed E-state index contributed by atoms with van der Waals surface area (Å²) >= 11 is 0. The lowest BCUT2D eigenvalue weighted by Gasteiger charge is -2.15. The van der Waals surface area contributed by atoms with Crippen molar-refractivity contribution in [1.82, 2.24) is 24.1 Å². The summed E-state index contributed by atoms with van der Waals surface area (Å²) in [6.07, 6.45) is 0.